The topological polar surface area (TPSA) is 38.3 Å². The minimum Gasteiger partial charge on any atom is -0.483 e. The van der Waals surface area contributed by atoms with E-state index in [0.29, 0.717) is 12.8 Å². The Morgan fingerprint density at radius 3 is 2.44 bits per heavy atom. The van der Waals surface area contributed by atoms with Crippen molar-refractivity contribution < 1.29 is 35.9 Å². The Morgan fingerprint density at radius 1 is 1.12 bits per heavy atom. The second-order valence-corrected chi connectivity index (χ2v) is 5.95. The summed E-state index contributed by atoms with van der Waals surface area (Å²) in [4.78, 5) is 11.8. The molecular formula is C16H17F6NO2. The van der Waals surface area contributed by atoms with Crippen molar-refractivity contribution in [2.24, 2.45) is 5.92 Å². The molecule has 0 aliphatic heterocycles. The molecule has 1 aliphatic carbocycles. The van der Waals surface area contributed by atoms with Crippen molar-refractivity contribution in [1.29, 1.82) is 0 Å². The van der Waals surface area contributed by atoms with E-state index in [1.807, 2.05) is 0 Å². The molecule has 1 N–H and O–H groups in total. The van der Waals surface area contributed by atoms with E-state index in [-0.39, 0.29) is 12.8 Å². The summed E-state index contributed by atoms with van der Waals surface area (Å²) in [5.41, 5.74) is -1.02. The van der Waals surface area contributed by atoms with Crippen molar-refractivity contribution in [3.05, 3.63) is 29.8 Å². The predicted octanol–water partition coefficient (Wildman–Crippen LogP) is 4.32. The number of rotatable bonds is 4. The molecule has 9 heteroatoms. The van der Waals surface area contributed by atoms with Gasteiger partial charge in [-0.3, -0.25) is 4.79 Å². The lowest BCUT2D eigenvalue weighted by Crippen LogP contribution is -2.43. The summed E-state index contributed by atoms with van der Waals surface area (Å²) in [5, 5.41) is 2.40. The standard InChI is InChI=1S/C16H17F6NO2/c17-15(18,19)10-4-3-5-11(8-10)23-14(24)9-25-13-7-2-1-6-12(13)16(20,21)22/h1-2,6-7,10-11H,3-5,8-9H2,(H,23,24). The number of para-hydroxylation sites is 1. The van der Waals surface area contributed by atoms with E-state index in [1.165, 1.54) is 12.1 Å². The summed E-state index contributed by atoms with van der Waals surface area (Å²) in [6.07, 6.45) is -8.42. The second kappa shape index (κ2) is 7.53. The maximum atomic E-state index is 12.8. The smallest absolute Gasteiger partial charge is 0.419 e. The van der Waals surface area contributed by atoms with Gasteiger partial charge < -0.3 is 10.1 Å². The number of benzene rings is 1. The molecule has 140 valence electrons. The fraction of sp³-hybridized carbons (Fsp3) is 0.562. The zero-order valence-electron chi connectivity index (χ0n) is 13.1. The molecule has 1 aromatic carbocycles. The lowest BCUT2D eigenvalue weighted by Gasteiger charge is -2.31. The number of hydrogen-bond acceptors (Lipinski definition) is 2. The minimum atomic E-state index is -4.63. The first-order valence-electron chi connectivity index (χ1n) is 7.72. The van der Waals surface area contributed by atoms with Gasteiger partial charge in [0.05, 0.1) is 11.5 Å². The van der Waals surface area contributed by atoms with Crippen LogP contribution in [-0.2, 0) is 11.0 Å². The van der Waals surface area contributed by atoms with E-state index in [1.54, 1.807) is 0 Å². The number of hydrogen-bond donors (Lipinski definition) is 1. The quantitative estimate of drug-likeness (QED) is 0.803. The third-order valence-electron chi connectivity index (χ3n) is 4.05. The largest absolute Gasteiger partial charge is 0.483 e. The van der Waals surface area contributed by atoms with Crippen LogP contribution in [0.1, 0.15) is 31.2 Å². The number of halogens is 6. The van der Waals surface area contributed by atoms with Gasteiger partial charge in [-0.2, -0.15) is 26.3 Å². The fourth-order valence-corrected chi connectivity index (χ4v) is 2.86. The molecule has 0 aromatic heterocycles. The zero-order valence-corrected chi connectivity index (χ0v) is 13.1. The van der Waals surface area contributed by atoms with Crippen LogP contribution in [-0.4, -0.2) is 24.7 Å². The Hall–Kier alpha value is -1.93. The van der Waals surface area contributed by atoms with E-state index in [0.717, 1.165) is 12.1 Å². The number of amides is 1. The molecule has 2 rings (SSSR count). The molecule has 1 amide bonds. The Morgan fingerprint density at radius 2 is 1.80 bits per heavy atom. The molecule has 1 aromatic rings. The highest BCUT2D eigenvalue weighted by Gasteiger charge is 2.42. The molecule has 1 aliphatic rings. The average Bonchev–Trinajstić information content (AvgIpc) is 2.52. The van der Waals surface area contributed by atoms with Crippen molar-refractivity contribution in [2.75, 3.05) is 6.61 Å². The number of alkyl halides is 6. The summed E-state index contributed by atoms with van der Waals surface area (Å²) >= 11 is 0. The van der Waals surface area contributed by atoms with Crippen LogP contribution < -0.4 is 10.1 Å². The van der Waals surface area contributed by atoms with Crippen molar-refractivity contribution in [3.8, 4) is 5.75 Å². The zero-order chi connectivity index (χ0) is 18.7. The van der Waals surface area contributed by atoms with Crippen LogP contribution in [0.5, 0.6) is 5.75 Å². The third kappa shape index (κ3) is 5.54. The van der Waals surface area contributed by atoms with E-state index in [9.17, 15) is 31.1 Å². The Bertz CT molecular complexity index is 599. The average molecular weight is 369 g/mol. The highest BCUT2D eigenvalue weighted by molar-refractivity contribution is 5.77. The van der Waals surface area contributed by atoms with Gasteiger partial charge in [-0.05, 0) is 31.4 Å². The Balaban J connectivity index is 1.90. The SMILES string of the molecule is O=C(COc1ccccc1C(F)(F)F)NC1CCCC(C(F)(F)F)C1. The van der Waals surface area contributed by atoms with Gasteiger partial charge in [0.1, 0.15) is 5.75 Å². The number of carbonyl (C=O) groups excluding carboxylic acids is 1. The summed E-state index contributed by atoms with van der Waals surface area (Å²) in [6.45, 7) is -0.694. The van der Waals surface area contributed by atoms with Crippen LogP contribution in [0.4, 0.5) is 26.3 Å². The predicted molar refractivity (Wildman–Crippen MR) is 76.9 cm³/mol. The lowest BCUT2D eigenvalue weighted by atomic mass is 9.85. The number of nitrogens with one attached hydrogen (secondary N) is 1. The summed E-state index contributed by atoms with van der Waals surface area (Å²) in [5.74, 6) is -2.72. The van der Waals surface area contributed by atoms with Crippen molar-refractivity contribution in [1.82, 2.24) is 5.32 Å². The van der Waals surface area contributed by atoms with Crippen LogP contribution in [0, 0.1) is 5.92 Å². The van der Waals surface area contributed by atoms with Gasteiger partial charge in [-0.1, -0.05) is 18.6 Å². The van der Waals surface area contributed by atoms with Crippen LogP contribution in [0.3, 0.4) is 0 Å². The van der Waals surface area contributed by atoms with Crippen LogP contribution >= 0.6 is 0 Å². The highest BCUT2D eigenvalue weighted by Crippen LogP contribution is 2.38. The van der Waals surface area contributed by atoms with Crippen molar-refractivity contribution >= 4 is 5.91 Å². The van der Waals surface area contributed by atoms with E-state index < -0.39 is 48.1 Å². The normalized spacial score (nSPS) is 21.7. The second-order valence-electron chi connectivity index (χ2n) is 5.95. The maximum Gasteiger partial charge on any atom is 0.419 e. The van der Waals surface area contributed by atoms with E-state index in [2.05, 4.69) is 5.32 Å². The van der Waals surface area contributed by atoms with Gasteiger partial charge >= 0.3 is 12.4 Å². The molecule has 1 fully saturated rings. The van der Waals surface area contributed by atoms with Gasteiger partial charge in [0, 0.05) is 6.04 Å². The van der Waals surface area contributed by atoms with Gasteiger partial charge in [-0.25, -0.2) is 0 Å². The summed E-state index contributed by atoms with van der Waals surface area (Å²) in [7, 11) is 0. The van der Waals surface area contributed by atoms with Crippen LogP contribution in [0.2, 0.25) is 0 Å². The van der Waals surface area contributed by atoms with Gasteiger partial charge in [0.2, 0.25) is 0 Å². The van der Waals surface area contributed by atoms with Crippen LogP contribution in [0.15, 0.2) is 24.3 Å². The van der Waals surface area contributed by atoms with E-state index >= 15 is 0 Å². The lowest BCUT2D eigenvalue weighted by molar-refractivity contribution is -0.184. The highest BCUT2D eigenvalue weighted by atomic mass is 19.4. The van der Waals surface area contributed by atoms with Crippen LogP contribution in [0.25, 0.3) is 0 Å². The molecule has 0 radical (unpaired) electrons. The first-order chi connectivity index (χ1) is 11.6. The molecular weight excluding hydrogens is 352 g/mol. The number of carbonyl (C=O) groups is 1. The maximum absolute atomic E-state index is 12.8. The summed E-state index contributed by atoms with van der Waals surface area (Å²) in [6, 6.07) is 3.76. The third-order valence-corrected chi connectivity index (χ3v) is 4.05. The van der Waals surface area contributed by atoms with Gasteiger partial charge in [-0.15, -0.1) is 0 Å². The Labute approximate surface area is 140 Å². The minimum absolute atomic E-state index is 0.0192. The first-order valence-corrected chi connectivity index (χ1v) is 7.72. The summed E-state index contributed by atoms with van der Waals surface area (Å²) < 4.78 is 81.5. The molecule has 0 bridgehead atoms. The molecule has 0 saturated heterocycles. The number of ether oxygens (including phenoxy) is 1. The first kappa shape index (κ1) is 19.4. The molecule has 2 atom stereocenters. The van der Waals surface area contributed by atoms with Gasteiger partial charge in [0.25, 0.3) is 5.91 Å². The van der Waals surface area contributed by atoms with Gasteiger partial charge in [0.15, 0.2) is 6.61 Å². The monoisotopic (exact) mass is 369 g/mol. The Kier molecular flexibility index (Phi) is 5.84. The van der Waals surface area contributed by atoms with Crippen molar-refractivity contribution in [2.45, 2.75) is 44.1 Å². The molecule has 0 heterocycles. The fourth-order valence-electron chi connectivity index (χ4n) is 2.86. The van der Waals surface area contributed by atoms with E-state index in [4.69, 9.17) is 4.74 Å². The molecule has 1 saturated carbocycles. The molecule has 2 unspecified atom stereocenters. The molecule has 0 spiro atoms. The molecule has 25 heavy (non-hydrogen) atoms. The van der Waals surface area contributed by atoms with Crippen molar-refractivity contribution in [3.63, 3.8) is 0 Å². The molecule has 3 nitrogen and oxygen atoms in total.